The average Bonchev–Trinajstić information content (AvgIpc) is 2.95. The summed E-state index contributed by atoms with van der Waals surface area (Å²) in [6, 6.07) is 0. The third-order valence-corrected chi connectivity index (χ3v) is 3.85. The van der Waals surface area contributed by atoms with Crippen molar-refractivity contribution in [2.24, 2.45) is 5.92 Å². The standard InChI is InChI=1S/C14H21N5O/c1-15-12-10-19-6-5-16-13(19)14(17-12)18(2)9-11-3-7-20-8-4-11/h5-6,10-11,15H,3-4,7-9H2,1-2H3. The maximum Gasteiger partial charge on any atom is 0.180 e. The van der Waals surface area contributed by atoms with Crippen molar-refractivity contribution in [1.29, 1.82) is 0 Å². The average molecular weight is 275 g/mol. The van der Waals surface area contributed by atoms with Gasteiger partial charge in [0.1, 0.15) is 5.82 Å². The number of anilines is 2. The second-order valence-corrected chi connectivity index (χ2v) is 5.29. The zero-order chi connectivity index (χ0) is 13.9. The number of imidazole rings is 1. The van der Waals surface area contributed by atoms with Gasteiger partial charge in [0.2, 0.25) is 0 Å². The summed E-state index contributed by atoms with van der Waals surface area (Å²) in [5, 5.41) is 3.10. The highest BCUT2D eigenvalue weighted by Gasteiger charge is 2.18. The molecule has 0 saturated carbocycles. The second-order valence-electron chi connectivity index (χ2n) is 5.29. The van der Waals surface area contributed by atoms with Crippen LogP contribution in [-0.4, -0.2) is 48.2 Å². The molecule has 6 heteroatoms. The molecule has 1 aliphatic rings. The number of hydrogen-bond donors (Lipinski definition) is 1. The third-order valence-electron chi connectivity index (χ3n) is 3.85. The molecule has 0 spiro atoms. The van der Waals surface area contributed by atoms with Crippen molar-refractivity contribution in [2.75, 3.05) is 44.1 Å². The highest BCUT2D eigenvalue weighted by atomic mass is 16.5. The molecule has 0 atom stereocenters. The molecule has 1 fully saturated rings. The van der Waals surface area contributed by atoms with E-state index in [1.807, 2.05) is 30.0 Å². The van der Waals surface area contributed by atoms with Crippen molar-refractivity contribution in [3.05, 3.63) is 18.6 Å². The molecule has 0 amide bonds. The smallest absolute Gasteiger partial charge is 0.180 e. The molecule has 1 saturated heterocycles. The summed E-state index contributed by atoms with van der Waals surface area (Å²) in [7, 11) is 3.97. The normalized spacial score (nSPS) is 16.5. The zero-order valence-corrected chi connectivity index (χ0v) is 12.0. The molecule has 0 unspecified atom stereocenters. The fourth-order valence-electron chi connectivity index (χ4n) is 2.69. The Kier molecular flexibility index (Phi) is 3.73. The van der Waals surface area contributed by atoms with Crippen LogP contribution in [0.1, 0.15) is 12.8 Å². The van der Waals surface area contributed by atoms with Gasteiger partial charge in [0.05, 0.1) is 6.20 Å². The zero-order valence-electron chi connectivity index (χ0n) is 12.0. The molecular weight excluding hydrogens is 254 g/mol. The summed E-state index contributed by atoms with van der Waals surface area (Å²) in [4.78, 5) is 11.3. The number of rotatable bonds is 4. The number of aromatic nitrogens is 3. The highest BCUT2D eigenvalue weighted by molar-refractivity contribution is 5.66. The van der Waals surface area contributed by atoms with Crippen LogP contribution in [0.5, 0.6) is 0 Å². The first kappa shape index (κ1) is 13.2. The molecule has 3 rings (SSSR count). The van der Waals surface area contributed by atoms with Crippen LogP contribution in [-0.2, 0) is 4.74 Å². The topological polar surface area (TPSA) is 54.7 Å². The van der Waals surface area contributed by atoms with E-state index in [1.54, 1.807) is 0 Å². The lowest BCUT2D eigenvalue weighted by Crippen LogP contribution is -2.30. The molecule has 1 N–H and O–H groups in total. The molecule has 20 heavy (non-hydrogen) atoms. The van der Waals surface area contributed by atoms with Gasteiger partial charge < -0.3 is 19.4 Å². The maximum atomic E-state index is 5.42. The van der Waals surface area contributed by atoms with E-state index in [0.29, 0.717) is 5.92 Å². The summed E-state index contributed by atoms with van der Waals surface area (Å²) in [6.45, 7) is 2.74. The molecule has 108 valence electrons. The monoisotopic (exact) mass is 275 g/mol. The highest BCUT2D eigenvalue weighted by Crippen LogP contribution is 2.23. The maximum absolute atomic E-state index is 5.42. The third kappa shape index (κ3) is 2.56. The predicted molar refractivity (Wildman–Crippen MR) is 79.3 cm³/mol. The van der Waals surface area contributed by atoms with Crippen LogP contribution in [0.4, 0.5) is 11.6 Å². The Hall–Kier alpha value is -1.82. The number of nitrogens with zero attached hydrogens (tertiary/aromatic N) is 4. The first-order chi connectivity index (χ1) is 9.78. The van der Waals surface area contributed by atoms with Crippen molar-refractivity contribution in [3.63, 3.8) is 0 Å². The number of hydrogen-bond acceptors (Lipinski definition) is 5. The Balaban J connectivity index is 1.85. The van der Waals surface area contributed by atoms with Crippen molar-refractivity contribution >= 4 is 17.3 Å². The van der Waals surface area contributed by atoms with E-state index in [-0.39, 0.29) is 0 Å². The Morgan fingerprint density at radius 2 is 2.25 bits per heavy atom. The van der Waals surface area contributed by atoms with E-state index in [4.69, 9.17) is 4.74 Å². The molecule has 2 aromatic rings. The van der Waals surface area contributed by atoms with E-state index >= 15 is 0 Å². The van der Waals surface area contributed by atoms with Crippen molar-refractivity contribution in [1.82, 2.24) is 14.4 Å². The minimum Gasteiger partial charge on any atom is -0.381 e. The summed E-state index contributed by atoms with van der Waals surface area (Å²) in [6.07, 6.45) is 7.96. The van der Waals surface area contributed by atoms with Crippen LogP contribution < -0.4 is 10.2 Å². The molecule has 0 aliphatic carbocycles. The Bertz CT molecular complexity index is 576. The molecule has 6 nitrogen and oxygen atoms in total. The van der Waals surface area contributed by atoms with Crippen LogP contribution in [0.2, 0.25) is 0 Å². The van der Waals surface area contributed by atoms with Crippen LogP contribution in [0.3, 0.4) is 0 Å². The molecule has 0 bridgehead atoms. The van der Waals surface area contributed by atoms with Crippen molar-refractivity contribution < 1.29 is 4.74 Å². The van der Waals surface area contributed by atoms with Gasteiger partial charge in [0.15, 0.2) is 11.5 Å². The molecule has 0 radical (unpaired) electrons. The number of ether oxygens (including phenoxy) is 1. The lowest BCUT2D eigenvalue weighted by Gasteiger charge is -2.28. The van der Waals surface area contributed by atoms with E-state index in [0.717, 1.165) is 49.9 Å². The number of fused-ring (bicyclic) bond motifs is 1. The quantitative estimate of drug-likeness (QED) is 0.919. The van der Waals surface area contributed by atoms with Gasteiger partial charge in [-0.2, -0.15) is 0 Å². The van der Waals surface area contributed by atoms with Crippen molar-refractivity contribution in [3.8, 4) is 0 Å². The van der Waals surface area contributed by atoms with Gasteiger partial charge in [-0.3, -0.25) is 0 Å². The van der Waals surface area contributed by atoms with E-state index in [9.17, 15) is 0 Å². The molecular formula is C14H21N5O. The van der Waals surface area contributed by atoms with Gasteiger partial charge in [-0.1, -0.05) is 0 Å². The molecule has 2 aromatic heterocycles. The van der Waals surface area contributed by atoms with Gasteiger partial charge in [-0.25, -0.2) is 9.97 Å². The van der Waals surface area contributed by atoms with Crippen LogP contribution in [0.15, 0.2) is 18.6 Å². The van der Waals surface area contributed by atoms with Crippen molar-refractivity contribution in [2.45, 2.75) is 12.8 Å². The van der Waals surface area contributed by atoms with E-state index in [2.05, 4.69) is 27.2 Å². The summed E-state index contributed by atoms with van der Waals surface area (Å²) in [5.41, 5.74) is 0.901. The molecule has 1 aliphatic heterocycles. The molecule has 0 aromatic carbocycles. The SMILES string of the molecule is CNc1cn2ccnc2c(N(C)CC2CCOCC2)n1. The van der Waals surface area contributed by atoms with Crippen LogP contribution in [0, 0.1) is 5.92 Å². The van der Waals surface area contributed by atoms with E-state index < -0.39 is 0 Å². The fourth-order valence-corrected chi connectivity index (χ4v) is 2.69. The lowest BCUT2D eigenvalue weighted by atomic mass is 10.00. The minimum absolute atomic E-state index is 0.670. The predicted octanol–water partition coefficient (Wildman–Crippen LogP) is 1.63. The Morgan fingerprint density at radius 3 is 3.00 bits per heavy atom. The van der Waals surface area contributed by atoms with Gasteiger partial charge >= 0.3 is 0 Å². The van der Waals surface area contributed by atoms with E-state index in [1.165, 1.54) is 0 Å². The van der Waals surface area contributed by atoms with Gasteiger partial charge in [0.25, 0.3) is 0 Å². The second kappa shape index (κ2) is 5.66. The summed E-state index contributed by atoms with van der Waals surface area (Å²) in [5.74, 6) is 2.45. The first-order valence-corrected chi connectivity index (χ1v) is 7.08. The minimum atomic E-state index is 0.670. The van der Waals surface area contributed by atoms with Gasteiger partial charge in [-0.05, 0) is 18.8 Å². The van der Waals surface area contributed by atoms with Crippen LogP contribution >= 0.6 is 0 Å². The van der Waals surface area contributed by atoms with Crippen LogP contribution in [0.25, 0.3) is 5.65 Å². The largest absolute Gasteiger partial charge is 0.381 e. The Morgan fingerprint density at radius 1 is 1.45 bits per heavy atom. The Labute approximate surface area is 118 Å². The fraction of sp³-hybridized carbons (Fsp3) is 0.571. The summed E-state index contributed by atoms with van der Waals surface area (Å²) >= 11 is 0. The lowest BCUT2D eigenvalue weighted by molar-refractivity contribution is 0.0685. The van der Waals surface area contributed by atoms with Gasteiger partial charge in [-0.15, -0.1) is 0 Å². The number of nitrogens with one attached hydrogen (secondary N) is 1. The summed E-state index contributed by atoms with van der Waals surface area (Å²) < 4.78 is 7.43. The molecule has 3 heterocycles. The van der Waals surface area contributed by atoms with Gasteiger partial charge in [0, 0.05) is 46.2 Å². The first-order valence-electron chi connectivity index (χ1n) is 7.08.